The number of amides is 2. The molecule has 26 heavy (non-hydrogen) atoms. The Morgan fingerprint density at radius 2 is 1.73 bits per heavy atom. The van der Waals surface area contributed by atoms with Gasteiger partial charge in [-0.1, -0.05) is 0 Å². The highest BCUT2D eigenvalue weighted by Gasteiger charge is 2.19. The maximum Gasteiger partial charge on any atom is 0.342 e. The Kier molecular flexibility index (Phi) is 6.36. The van der Waals surface area contributed by atoms with Gasteiger partial charge in [-0.25, -0.2) is 9.89 Å². The number of nitrogens with one attached hydrogen (secondary N) is 2. The number of aromatic nitrogens is 4. The maximum atomic E-state index is 12.2. The van der Waals surface area contributed by atoms with Crippen molar-refractivity contribution in [3.05, 3.63) is 56.6 Å². The van der Waals surface area contributed by atoms with E-state index in [0.29, 0.717) is 19.4 Å². The lowest BCUT2D eigenvalue weighted by Gasteiger charge is -2.22. The molecule has 2 aromatic rings. The van der Waals surface area contributed by atoms with Crippen molar-refractivity contribution >= 4 is 11.8 Å². The molecule has 138 valence electrons. The van der Waals surface area contributed by atoms with Crippen LogP contribution in [0.3, 0.4) is 0 Å². The zero-order valence-corrected chi connectivity index (χ0v) is 14.6. The van der Waals surface area contributed by atoms with Crippen LogP contribution in [0, 0.1) is 0 Å². The number of carbonyl (C=O) groups excluding carboxylic acids is 2. The second-order valence-electron chi connectivity index (χ2n) is 5.75. The number of H-pyrrole nitrogens is 2. The Hall–Kier alpha value is -3.30. The summed E-state index contributed by atoms with van der Waals surface area (Å²) in [6.07, 6.45) is 4.31. The summed E-state index contributed by atoms with van der Waals surface area (Å²) in [6.45, 7) is 0.523. The summed E-state index contributed by atoms with van der Waals surface area (Å²) in [4.78, 5) is 55.5. The molecule has 10 heteroatoms. The highest BCUT2D eigenvalue weighted by molar-refractivity contribution is 5.91. The lowest BCUT2D eigenvalue weighted by Crippen LogP contribution is -2.40. The van der Waals surface area contributed by atoms with Gasteiger partial charge in [0.1, 0.15) is 0 Å². The lowest BCUT2D eigenvalue weighted by atomic mass is 10.1. The third-order valence-electron chi connectivity index (χ3n) is 3.83. The van der Waals surface area contributed by atoms with E-state index in [-0.39, 0.29) is 12.5 Å². The number of likely N-dealkylation sites (N-methyl/N-ethyl adjacent to an activating group) is 2. The Morgan fingerprint density at radius 3 is 2.38 bits per heavy atom. The first-order chi connectivity index (χ1) is 12.4. The molecule has 0 aromatic carbocycles. The number of nitrogens with zero attached hydrogens (tertiary/aromatic N) is 4. The molecule has 0 spiro atoms. The van der Waals surface area contributed by atoms with Crippen LogP contribution in [-0.4, -0.2) is 69.0 Å². The van der Waals surface area contributed by atoms with E-state index in [1.165, 1.54) is 16.8 Å². The highest BCUT2D eigenvalue weighted by atomic mass is 16.2. The third kappa shape index (κ3) is 5.10. The first-order valence-corrected chi connectivity index (χ1v) is 7.96. The Morgan fingerprint density at radius 1 is 1.08 bits per heavy atom. The van der Waals surface area contributed by atoms with Gasteiger partial charge in [0.05, 0.1) is 0 Å². The van der Waals surface area contributed by atoms with Crippen molar-refractivity contribution in [1.82, 2.24) is 30.0 Å². The topological polar surface area (TPSA) is 132 Å². The van der Waals surface area contributed by atoms with Crippen molar-refractivity contribution in [1.29, 1.82) is 0 Å². The number of hydrogen-bond donors (Lipinski definition) is 2. The summed E-state index contributed by atoms with van der Waals surface area (Å²) >= 11 is 0. The minimum atomic E-state index is -0.854. The Labute approximate surface area is 148 Å². The molecule has 0 unspecified atom stereocenters. The zero-order chi connectivity index (χ0) is 19.1. The molecular formula is C16H20N6O4. The second-order valence-corrected chi connectivity index (χ2v) is 5.75. The van der Waals surface area contributed by atoms with Gasteiger partial charge < -0.3 is 9.80 Å². The Bertz CT molecular complexity index is 876. The van der Waals surface area contributed by atoms with Crippen LogP contribution in [0.4, 0.5) is 0 Å². The molecule has 0 fully saturated rings. The average Bonchev–Trinajstić information content (AvgIpc) is 2.64. The summed E-state index contributed by atoms with van der Waals surface area (Å²) < 4.78 is 0. The van der Waals surface area contributed by atoms with Gasteiger partial charge in [0.2, 0.25) is 11.6 Å². The highest BCUT2D eigenvalue weighted by Crippen LogP contribution is 2.03. The predicted octanol–water partition coefficient (Wildman–Crippen LogP) is -0.984. The van der Waals surface area contributed by atoms with Crippen LogP contribution < -0.4 is 11.2 Å². The van der Waals surface area contributed by atoms with E-state index in [0.717, 1.165) is 5.56 Å². The molecule has 2 heterocycles. The van der Waals surface area contributed by atoms with Crippen LogP contribution >= 0.6 is 0 Å². The van der Waals surface area contributed by atoms with Gasteiger partial charge in [-0.2, -0.15) is 5.10 Å². The molecule has 0 saturated carbocycles. The molecular weight excluding hydrogens is 340 g/mol. The largest absolute Gasteiger partial charge is 0.344 e. The lowest BCUT2D eigenvalue weighted by molar-refractivity contribution is -0.130. The van der Waals surface area contributed by atoms with Gasteiger partial charge in [-0.3, -0.25) is 24.4 Å². The molecule has 0 atom stereocenters. The predicted molar refractivity (Wildman–Crippen MR) is 92.6 cm³/mol. The standard InChI is InChI=1S/C16H20N6O4/c1-21(12(23)4-3-11-5-7-17-8-6-11)9-10-22(2)15(25)13-14(24)18-16(26)20-19-13/h5-8H,3-4,9-10H2,1-2H3,(H2,18,20,24,26). The van der Waals surface area contributed by atoms with E-state index in [1.807, 2.05) is 22.2 Å². The summed E-state index contributed by atoms with van der Waals surface area (Å²) in [7, 11) is 3.14. The molecule has 0 aliphatic heterocycles. The van der Waals surface area contributed by atoms with Crippen LogP contribution in [0.15, 0.2) is 34.1 Å². The molecule has 2 rings (SSSR count). The van der Waals surface area contributed by atoms with E-state index in [4.69, 9.17) is 0 Å². The summed E-state index contributed by atoms with van der Waals surface area (Å²) in [5, 5.41) is 5.48. The van der Waals surface area contributed by atoms with E-state index in [2.05, 4.69) is 10.1 Å². The number of pyridine rings is 1. The van der Waals surface area contributed by atoms with Crippen molar-refractivity contribution in [2.24, 2.45) is 0 Å². The van der Waals surface area contributed by atoms with Gasteiger partial charge in [0.25, 0.3) is 11.5 Å². The number of aryl methyl sites for hydroxylation is 1. The van der Waals surface area contributed by atoms with Crippen molar-refractivity contribution in [2.75, 3.05) is 27.2 Å². The smallest absolute Gasteiger partial charge is 0.342 e. The first kappa shape index (κ1) is 19.0. The molecule has 0 saturated heterocycles. The van der Waals surface area contributed by atoms with Gasteiger partial charge in [-0.15, -0.1) is 0 Å². The number of carbonyl (C=O) groups is 2. The number of rotatable bonds is 7. The zero-order valence-electron chi connectivity index (χ0n) is 14.6. The Balaban J connectivity index is 1.84. The molecule has 0 aliphatic carbocycles. The summed E-state index contributed by atoms with van der Waals surface area (Å²) in [6, 6.07) is 3.71. The van der Waals surface area contributed by atoms with Gasteiger partial charge in [0.15, 0.2) is 0 Å². The van der Waals surface area contributed by atoms with E-state index in [9.17, 15) is 19.2 Å². The van der Waals surface area contributed by atoms with Crippen molar-refractivity contribution < 1.29 is 9.59 Å². The fraction of sp³-hybridized carbons (Fsp3) is 0.375. The fourth-order valence-electron chi connectivity index (χ4n) is 2.19. The summed E-state index contributed by atoms with van der Waals surface area (Å²) in [5.41, 5.74) is -1.02. The van der Waals surface area contributed by atoms with Crippen LogP contribution in [-0.2, 0) is 11.2 Å². The van der Waals surface area contributed by atoms with E-state index in [1.54, 1.807) is 19.4 Å². The monoisotopic (exact) mass is 360 g/mol. The fourth-order valence-corrected chi connectivity index (χ4v) is 2.19. The van der Waals surface area contributed by atoms with Crippen LogP contribution in [0.1, 0.15) is 22.5 Å². The second kappa shape index (κ2) is 8.70. The number of aromatic amines is 2. The van der Waals surface area contributed by atoms with Crippen LogP contribution in [0.25, 0.3) is 0 Å². The van der Waals surface area contributed by atoms with Crippen molar-refractivity contribution in [3.8, 4) is 0 Å². The first-order valence-electron chi connectivity index (χ1n) is 7.96. The molecule has 0 aliphatic rings. The van der Waals surface area contributed by atoms with Crippen LogP contribution in [0.2, 0.25) is 0 Å². The third-order valence-corrected chi connectivity index (χ3v) is 3.83. The molecule has 2 N–H and O–H groups in total. The maximum absolute atomic E-state index is 12.2. The molecule has 0 radical (unpaired) electrons. The van der Waals surface area contributed by atoms with Gasteiger partial charge >= 0.3 is 5.69 Å². The normalized spacial score (nSPS) is 10.4. The van der Waals surface area contributed by atoms with Crippen molar-refractivity contribution in [3.63, 3.8) is 0 Å². The molecule has 10 nitrogen and oxygen atoms in total. The summed E-state index contributed by atoms with van der Waals surface area (Å²) in [5.74, 6) is -0.692. The van der Waals surface area contributed by atoms with Crippen LogP contribution in [0.5, 0.6) is 0 Å². The van der Waals surface area contributed by atoms with E-state index < -0.39 is 22.9 Å². The molecule has 0 bridgehead atoms. The SMILES string of the molecule is CN(CCN(C)C(=O)c1n[nH]c(=O)[nH]c1=O)C(=O)CCc1ccncc1. The minimum absolute atomic E-state index is 0.0531. The quantitative estimate of drug-likeness (QED) is 0.652. The van der Waals surface area contributed by atoms with Gasteiger partial charge in [-0.05, 0) is 24.1 Å². The average molecular weight is 360 g/mol. The van der Waals surface area contributed by atoms with E-state index >= 15 is 0 Å². The van der Waals surface area contributed by atoms with Gasteiger partial charge in [0, 0.05) is 46.0 Å². The molecule has 2 amide bonds. The van der Waals surface area contributed by atoms with Crippen molar-refractivity contribution in [2.45, 2.75) is 12.8 Å². The molecule has 2 aromatic heterocycles. The minimum Gasteiger partial charge on any atom is -0.344 e. The number of hydrogen-bond acceptors (Lipinski definition) is 6.